The first kappa shape index (κ1) is 23.8. The zero-order valence-electron chi connectivity index (χ0n) is 15.6. The molecule has 0 saturated carbocycles. The average molecular weight is 374 g/mol. The SMILES string of the molecule is CCC(C)C(N)C(=O)NC(CO)C(=O)NC(C(=O)NCC(=O)O)C(C)C. The van der Waals surface area contributed by atoms with Crippen LogP contribution in [0.1, 0.15) is 34.1 Å². The summed E-state index contributed by atoms with van der Waals surface area (Å²) in [6, 6.07) is -3.12. The highest BCUT2D eigenvalue weighted by Crippen LogP contribution is 2.06. The van der Waals surface area contributed by atoms with Crippen molar-refractivity contribution in [3.8, 4) is 0 Å². The summed E-state index contributed by atoms with van der Waals surface area (Å²) in [5, 5.41) is 25.0. The Morgan fingerprint density at radius 2 is 1.58 bits per heavy atom. The van der Waals surface area contributed by atoms with Crippen molar-refractivity contribution in [3.63, 3.8) is 0 Å². The predicted molar refractivity (Wildman–Crippen MR) is 93.9 cm³/mol. The van der Waals surface area contributed by atoms with Crippen LogP contribution in [0.2, 0.25) is 0 Å². The molecule has 0 bridgehead atoms. The Morgan fingerprint density at radius 1 is 1.00 bits per heavy atom. The fourth-order valence-corrected chi connectivity index (χ4v) is 2.04. The highest BCUT2D eigenvalue weighted by Gasteiger charge is 2.30. The summed E-state index contributed by atoms with van der Waals surface area (Å²) in [6.07, 6.45) is 0.670. The van der Waals surface area contributed by atoms with E-state index in [1.807, 2.05) is 6.92 Å². The first-order valence-corrected chi connectivity index (χ1v) is 8.51. The zero-order valence-corrected chi connectivity index (χ0v) is 15.6. The van der Waals surface area contributed by atoms with E-state index in [1.54, 1.807) is 20.8 Å². The van der Waals surface area contributed by atoms with Crippen molar-refractivity contribution in [2.45, 2.75) is 52.2 Å². The second-order valence-electron chi connectivity index (χ2n) is 6.50. The molecule has 150 valence electrons. The monoisotopic (exact) mass is 374 g/mol. The maximum absolute atomic E-state index is 12.3. The van der Waals surface area contributed by atoms with Gasteiger partial charge in [0, 0.05) is 0 Å². The lowest BCUT2D eigenvalue weighted by Crippen LogP contribution is -2.58. The number of carbonyl (C=O) groups excluding carboxylic acids is 3. The van der Waals surface area contributed by atoms with Crippen molar-refractivity contribution in [1.29, 1.82) is 0 Å². The van der Waals surface area contributed by atoms with Crippen molar-refractivity contribution in [2.75, 3.05) is 13.2 Å². The summed E-state index contributed by atoms with van der Waals surface area (Å²) in [5.41, 5.74) is 5.79. The number of amides is 3. The van der Waals surface area contributed by atoms with Crippen LogP contribution in [0.3, 0.4) is 0 Å². The Labute approximate surface area is 152 Å². The molecule has 10 heteroatoms. The molecule has 3 amide bonds. The Hall–Kier alpha value is -2.20. The molecule has 0 radical (unpaired) electrons. The van der Waals surface area contributed by atoms with E-state index in [9.17, 15) is 24.3 Å². The van der Waals surface area contributed by atoms with Crippen molar-refractivity contribution in [1.82, 2.24) is 16.0 Å². The molecule has 7 N–H and O–H groups in total. The molecule has 26 heavy (non-hydrogen) atoms. The summed E-state index contributed by atoms with van der Waals surface area (Å²) in [5.74, 6) is -3.68. The summed E-state index contributed by atoms with van der Waals surface area (Å²) in [6.45, 7) is 5.73. The van der Waals surface area contributed by atoms with Crippen LogP contribution in [0.15, 0.2) is 0 Å². The summed E-state index contributed by atoms with van der Waals surface area (Å²) in [4.78, 5) is 47.0. The van der Waals surface area contributed by atoms with Gasteiger partial charge in [0.15, 0.2) is 0 Å². The summed E-state index contributed by atoms with van der Waals surface area (Å²) >= 11 is 0. The second kappa shape index (κ2) is 11.4. The van der Waals surface area contributed by atoms with Gasteiger partial charge in [-0.05, 0) is 11.8 Å². The summed E-state index contributed by atoms with van der Waals surface area (Å²) < 4.78 is 0. The predicted octanol–water partition coefficient (Wildman–Crippen LogP) is -1.82. The minimum atomic E-state index is -1.27. The van der Waals surface area contributed by atoms with Gasteiger partial charge in [-0.1, -0.05) is 34.1 Å². The van der Waals surface area contributed by atoms with Crippen LogP contribution in [0.25, 0.3) is 0 Å². The van der Waals surface area contributed by atoms with E-state index in [0.717, 1.165) is 0 Å². The van der Waals surface area contributed by atoms with Crippen LogP contribution < -0.4 is 21.7 Å². The van der Waals surface area contributed by atoms with E-state index < -0.39 is 55.0 Å². The lowest BCUT2D eigenvalue weighted by molar-refractivity contribution is -0.139. The Kier molecular flexibility index (Phi) is 10.5. The minimum Gasteiger partial charge on any atom is -0.480 e. The van der Waals surface area contributed by atoms with E-state index in [1.165, 1.54) is 0 Å². The number of hydrogen-bond donors (Lipinski definition) is 6. The normalized spacial score (nSPS) is 15.5. The molecule has 10 nitrogen and oxygen atoms in total. The molecule has 0 aromatic carbocycles. The van der Waals surface area contributed by atoms with E-state index in [-0.39, 0.29) is 11.8 Å². The van der Waals surface area contributed by atoms with E-state index in [2.05, 4.69) is 16.0 Å². The van der Waals surface area contributed by atoms with Gasteiger partial charge in [0.05, 0.1) is 12.6 Å². The smallest absolute Gasteiger partial charge is 0.322 e. The van der Waals surface area contributed by atoms with E-state index in [0.29, 0.717) is 6.42 Å². The number of nitrogens with one attached hydrogen (secondary N) is 3. The molecule has 0 aliphatic rings. The molecule has 4 atom stereocenters. The molecule has 0 aromatic rings. The van der Waals surface area contributed by atoms with Gasteiger partial charge < -0.3 is 31.9 Å². The van der Waals surface area contributed by atoms with Gasteiger partial charge in [-0.25, -0.2) is 0 Å². The lowest BCUT2D eigenvalue weighted by atomic mass is 9.99. The standard InChI is InChI=1S/C16H30N4O6/c1-5-9(4)12(17)15(25)19-10(7-21)14(24)20-13(8(2)3)16(26)18-6-11(22)23/h8-10,12-13,21H,5-7,17H2,1-4H3,(H,18,26)(H,19,25)(H,20,24)(H,22,23). The van der Waals surface area contributed by atoms with Gasteiger partial charge in [0.2, 0.25) is 17.7 Å². The quantitative estimate of drug-likeness (QED) is 0.247. The Balaban J connectivity index is 4.95. The molecular weight excluding hydrogens is 344 g/mol. The molecular formula is C16H30N4O6. The molecule has 0 aliphatic carbocycles. The average Bonchev–Trinajstić information content (AvgIpc) is 2.59. The van der Waals surface area contributed by atoms with Crippen molar-refractivity contribution < 1.29 is 29.4 Å². The third-order valence-electron chi connectivity index (χ3n) is 4.04. The first-order chi connectivity index (χ1) is 12.0. The molecule has 0 aromatic heterocycles. The molecule has 0 rings (SSSR count). The first-order valence-electron chi connectivity index (χ1n) is 8.51. The maximum atomic E-state index is 12.3. The lowest BCUT2D eigenvalue weighted by Gasteiger charge is -2.25. The molecule has 0 aliphatic heterocycles. The largest absolute Gasteiger partial charge is 0.480 e. The van der Waals surface area contributed by atoms with Crippen LogP contribution in [-0.4, -0.2) is 65.2 Å². The number of aliphatic carboxylic acids is 1. The topological polar surface area (TPSA) is 171 Å². The number of carboxylic acid groups (broad SMARTS) is 1. The minimum absolute atomic E-state index is 0.109. The highest BCUT2D eigenvalue weighted by molar-refractivity contribution is 5.93. The fraction of sp³-hybridized carbons (Fsp3) is 0.750. The van der Waals surface area contributed by atoms with Gasteiger partial charge in [-0.15, -0.1) is 0 Å². The number of nitrogens with two attached hydrogens (primary N) is 1. The Morgan fingerprint density at radius 3 is 2.00 bits per heavy atom. The van der Waals surface area contributed by atoms with E-state index >= 15 is 0 Å². The number of carboxylic acids is 1. The highest BCUT2D eigenvalue weighted by atomic mass is 16.4. The second-order valence-corrected chi connectivity index (χ2v) is 6.50. The van der Waals surface area contributed by atoms with Gasteiger partial charge in [0.25, 0.3) is 0 Å². The van der Waals surface area contributed by atoms with Crippen molar-refractivity contribution in [2.24, 2.45) is 17.6 Å². The number of aliphatic hydroxyl groups excluding tert-OH is 1. The number of carbonyl (C=O) groups is 4. The van der Waals surface area contributed by atoms with Gasteiger partial charge in [-0.2, -0.15) is 0 Å². The van der Waals surface area contributed by atoms with Crippen molar-refractivity contribution in [3.05, 3.63) is 0 Å². The third-order valence-corrected chi connectivity index (χ3v) is 4.04. The Bertz CT molecular complexity index is 511. The number of hydrogen-bond acceptors (Lipinski definition) is 6. The molecule has 0 fully saturated rings. The summed E-state index contributed by atoms with van der Waals surface area (Å²) in [7, 11) is 0. The number of aliphatic hydroxyl groups is 1. The number of rotatable bonds is 11. The molecule has 0 saturated heterocycles. The van der Waals surface area contributed by atoms with Crippen LogP contribution >= 0.6 is 0 Å². The molecule has 0 spiro atoms. The van der Waals surface area contributed by atoms with Crippen LogP contribution in [0, 0.1) is 11.8 Å². The van der Waals surface area contributed by atoms with Crippen LogP contribution in [0.5, 0.6) is 0 Å². The van der Waals surface area contributed by atoms with Crippen LogP contribution in [-0.2, 0) is 19.2 Å². The van der Waals surface area contributed by atoms with Gasteiger partial charge >= 0.3 is 5.97 Å². The third kappa shape index (κ3) is 7.79. The van der Waals surface area contributed by atoms with Crippen molar-refractivity contribution >= 4 is 23.7 Å². The zero-order chi connectivity index (χ0) is 20.4. The van der Waals surface area contributed by atoms with Crippen LogP contribution in [0.4, 0.5) is 0 Å². The molecule has 0 heterocycles. The van der Waals surface area contributed by atoms with Gasteiger partial charge in [0.1, 0.15) is 18.6 Å². The fourth-order valence-electron chi connectivity index (χ4n) is 2.04. The van der Waals surface area contributed by atoms with Gasteiger partial charge in [-0.3, -0.25) is 19.2 Å². The molecule has 4 unspecified atom stereocenters. The maximum Gasteiger partial charge on any atom is 0.322 e. The van der Waals surface area contributed by atoms with E-state index in [4.69, 9.17) is 10.8 Å².